The van der Waals surface area contributed by atoms with Crippen molar-refractivity contribution < 1.29 is 4.79 Å². The summed E-state index contributed by atoms with van der Waals surface area (Å²) in [4.78, 5) is 12.6. The van der Waals surface area contributed by atoms with Gasteiger partial charge in [0.05, 0.1) is 15.0 Å². The lowest BCUT2D eigenvalue weighted by molar-refractivity contribution is 0.102. The molecule has 0 aliphatic carbocycles. The largest absolute Gasteiger partial charge is 0.292 e. The summed E-state index contributed by atoms with van der Waals surface area (Å²) in [5.74, 6) is 0.376. The maximum Gasteiger partial charge on any atom is 0.196 e. The molecule has 0 radical (unpaired) electrons. The lowest BCUT2D eigenvalue weighted by Crippen LogP contribution is -2.00. The van der Waals surface area contributed by atoms with Crippen LogP contribution in [0.3, 0.4) is 0 Å². The molecule has 7 heteroatoms. The number of carbonyl (C=O) groups is 1. The highest BCUT2D eigenvalue weighted by molar-refractivity contribution is 7.99. The lowest BCUT2D eigenvalue weighted by atomic mass is 10.4. The Hall–Kier alpha value is -1.37. The molecule has 3 aromatic heterocycles. The van der Waals surface area contributed by atoms with E-state index in [0.29, 0.717) is 20.1 Å². The van der Waals surface area contributed by atoms with Crippen molar-refractivity contribution in [3.63, 3.8) is 0 Å². The molecule has 0 unspecified atom stereocenters. The van der Waals surface area contributed by atoms with E-state index in [2.05, 4.69) is 10.2 Å². The van der Waals surface area contributed by atoms with Gasteiger partial charge in [-0.05, 0) is 24.3 Å². The molecule has 0 aliphatic heterocycles. The third-order valence-corrected chi connectivity index (χ3v) is 4.68. The Morgan fingerprint density at radius 1 is 1.32 bits per heavy atom. The minimum Gasteiger partial charge on any atom is -0.292 e. The molecule has 4 nitrogen and oxygen atoms in total. The number of Topliss-reactive ketones (excluding diaryl/α,β-unsaturated/α-hetero) is 1. The van der Waals surface area contributed by atoms with Crippen molar-refractivity contribution in [1.29, 1.82) is 0 Å². The Kier molecular flexibility index (Phi) is 3.54. The first-order chi connectivity index (χ1) is 9.24. The summed E-state index contributed by atoms with van der Waals surface area (Å²) in [6.07, 6.45) is 1.88. The average Bonchev–Trinajstić information content (AvgIpc) is 3.02. The summed E-state index contributed by atoms with van der Waals surface area (Å²) >= 11 is 8.48. The molecule has 96 valence electrons. The standard InChI is InChI=1S/C12H8ClN3OS2/c13-10-5-4-9(19-10)8(17)7-18-12-15-14-11-3-1-2-6-16(11)12/h1-6H,7H2. The van der Waals surface area contributed by atoms with Crippen molar-refractivity contribution >= 4 is 46.1 Å². The van der Waals surface area contributed by atoms with Crippen LogP contribution in [0, 0.1) is 0 Å². The zero-order chi connectivity index (χ0) is 13.2. The van der Waals surface area contributed by atoms with E-state index >= 15 is 0 Å². The molecule has 0 spiro atoms. The van der Waals surface area contributed by atoms with E-state index in [9.17, 15) is 4.79 Å². The van der Waals surface area contributed by atoms with Crippen LogP contribution in [0.4, 0.5) is 0 Å². The van der Waals surface area contributed by atoms with E-state index in [1.807, 2.05) is 28.8 Å². The Morgan fingerprint density at radius 2 is 2.21 bits per heavy atom. The van der Waals surface area contributed by atoms with Gasteiger partial charge in [-0.15, -0.1) is 21.5 Å². The number of thioether (sulfide) groups is 1. The molecule has 0 aromatic carbocycles. The van der Waals surface area contributed by atoms with Gasteiger partial charge in [-0.3, -0.25) is 9.20 Å². The normalized spacial score (nSPS) is 11.0. The summed E-state index contributed by atoms with van der Waals surface area (Å²) in [6, 6.07) is 9.16. The fraction of sp³-hybridized carbons (Fsp3) is 0.0833. The highest BCUT2D eigenvalue weighted by atomic mass is 35.5. The van der Waals surface area contributed by atoms with Gasteiger partial charge in [-0.25, -0.2) is 0 Å². The van der Waals surface area contributed by atoms with Crippen LogP contribution >= 0.6 is 34.7 Å². The minimum atomic E-state index is 0.0505. The molecule has 0 saturated heterocycles. The molecule has 3 aromatic rings. The van der Waals surface area contributed by atoms with Gasteiger partial charge in [-0.2, -0.15) is 0 Å². The van der Waals surface area contributed by atoms with E-state index in [1.54, 1.807) is 12.1 Å². The van der Waals surface area contributed by atoms with Gasteiger partial charge < -0.3 is 0 Å². The molecule has 19 heavy (non-hydrogen) atoms. The molecule has 3 heterocycles. The van der Waals surface area contributed by atoms with Crippen LogP contribution in [0.15, 0.2) is 41.7 Å². The number of hydrogen-bond acceptors (Lipinski definition) is 5. The number of hydrogen-bond donors (Lipinski definition) is 0. The SMILES string of the molecule is O=C(CSc1nnc2ccccn12)c1ccc(Cl)s1. The zero-order valence-corrected chi connectivity index (χ0v) is 12.0. The van der Waals surface area contributed by atoms with Crippen molar-refractivity contribution in [3.05, 3.63) is 45.7 Å². The highest BCUT2D eigenvalue weighted by Gasteiger charge is 2.12. The first kappa shape index (κ1) is 12.7. The van der Waals surface area contributed by atoms with Gasteiger partial charge >= 0.3 is 0 Å². The van der Waals surface area contributed by atoms with E-state index in [4.69, 9.17) is 11.6 Å². The molecule has 0 aliphatic rings. The van der Waals surface area contributed by atoms with E-state index in [1.165, 1.54) is 23.1 Å². The second-order valence-corrected chi connectivity index (χ2v) is 6.38. The lowest BCUT2D eigenvalue weighted by Gasteiger charge is -1.98. The number of aromatic nitrogens is 3. The van der Waals surface area contributed by atoms with E-state index < -0.39 is 0 Å². The molecule has 0 amide bonds. The highest BCUT2D eigenvalue weighted by Crippen LogP contribution is 2.24. The smallest absolute Gasteiger partial charge is 0.196 e. The Bertz CT molecular complexity index is 737. The number of rotatable bonds is 4. The van der Waals surface area contributed by atoms with Crippen LogP contribution in [0.5, 0.6) is 0 Å². The molecule has 0 atom stereocenters. The summed E-state index contributed by atoms with van der Waals surface area (Å²) in [5.41, 5.74) is 0.775. The molecule has 0 N–H and O–H groups in total. The molecule has 3 rings (SSSR count). The molecule has 0 bridgehead atoms. The first-order valence-electron chi connectivity index (χ1n) is 5.45. The molecule has 0 saturated carbocycles. The second kappa shape index (κ2) is 5.32. The van der Waals surface area contributed by atoms with Gasteiger partial charge in [0.25, 0.3) is 0 Å². The number of thiophene rings is 1. The van der Waals surface area contributed by atoms with E-state index in [0.717, 1.165) is 5.65 Å². The summed E-state index contributed by atoms with van der Waals surface area (Å²) in [5, 5.41) is 8.82. The van der Waals surface area contributed by atoms with Crippen LogP contribution in [-0.2, 0) is 0 Å². The number of ketones is 1. The van der Waals surface area contributed by atoms with E-state index in [-0.39, 0.29) is 5.78 Å². The second-order valence-electron chi connectivity index (χ2n) is 3.73. The van der Waals surface area contributed by atoms with Crippen molar-refractivity contribution in [1.82, 2.24) is 14.6 Å². The Labute approximate surface area is 122 Å². The van der Waals surface area contributed by atoms with Gasteiger partial charge in [-0.1, -0.05) is 29.4 Å². The van der Waals surface area contributed by atoms with Crippen LogP contribution in [0.25, 0.3) is 5.65 Å². The van der Waals surface area contributed by atoms with Crippen LogP contribution in [0.1, 0.15) is 9.67 Å². The number of pyridine rings is 1. The number of halogens is 1. The summed E-state index contributed by atoms with van der Waals surface area (Å²) in [6.45, 7) is 0. The number of carbonyl (C=O) groups excluding carboxylic acids is 1. The number of fused-ring (bicyclic) bond motifs is 1. The summed E-state index contributed by atoms with van der Waals surface area (Å²) < 4.78 is 2.49. The predicted octanol–water partition coefficient (Wildman–Crippen LogP) is 3.42. The van der Waals surface area contributed by atoms with Crippen molar-refractivity contribution in [2.45, 2.75) is 5.16 Å². The molecular formula is C12H8ClN3OS2. The molecule has 0 fully saturated rings. The summed E-state index contributed by atoms with van der Waals surface area (Å²) in [7, 11) is 0. The predicted molar refractivity (Wildman–Crippen MR) is 77.4 cm³/mol. The fourth-order valence-corrected chi connectivity index (χ4v) is 3.46. The maximum atomic E-state index is 12.0. The number of nitrogens with zero attached hydrogens (tertiary/aromatic N) is 3. The Morgan fingerprint density at radius 3 is 3.00 bits per heavy atom. The van der Waals surface area contributed by atoms with Crippen molar-refractivity contribution in [2.24, 2.45) is 0 Å². The Balaban J connectivity index is 1.74. The quantitative estimate of drug-likeness (QED) is 0.547. The topological polar surface area (TPSA) is 47.3 Å². The van der Waals surface area contributed by atoms with Gasteiger partial charge in [0.15, 0.2) is 16.6 Å². The molecular weight excluding hydrogens is 302 g/mol. The third-order valence-electron chi connectivity index (χ3n) is 2.46. The van der Waals surface area contributed by atoms with Gasteiger partial charge in [0.2, 0.25) is 0 Å². The zero-order valence-electron chi connectivity index (χ0n) is 9.62. The van der Waals surface area contributed by atoms with Crippen LogP contribution in [0.2, 0.25) is 4.34 Å². The third kappa shape index (κ3) is 2.65. The van der Waals surface area contributed by atoms with Crippen LogP contribution < -0.4 is 0 Å². The fourth-order valence-electron chi connectivity index (χ4n) is 1.58. The average molecular weight is 310 g/mol. The van der Waals surface area contributed by atoms with Gasteiger partial charge in [0, 0.05) is 6.20 Å². The van der Waals surface area contributed by atoms with Gasteiger partial charge in [0.1, 0.15) is 0 Å². The van der Waals surface area contributed by atoms with Crippen molar-refractivity contribution in [3.8, 4) is 0 Å². The first-order valence-corrected chi connectivity index (χ1v) is 7.63. The minimum absolute atomic E-state index is 0.0505. The monoisotopic (exact) mass is 309 g/mol. The maximum absolute atomic E-state index is 12.0. The van der Waals surface area contributed by atoms with Crippen LogP contribution in [-0.4, -0.2) is 26.1 Å². The van der Waals surface area contributed by atoms with Crippen molar-refractivity contribution in [2.75, 3.05) is 5.75 Å².